The van der Waals surface area contributed by atoms with Crippen LogP contribution in [0, 0.1) is 0 Å². The van der Waals surface area contributed by atoms with Crippen molar-refractivity contribution in [3.05, 3.63) is 58.6 Å². The van der Waals surface area contributed by atoms with Gasteiger partial charge in [-0.2, -0.15) is 0 Å². The van der Waals surface area contributed by atoms with Gasteiger partial charge in [0.05, 0.1) is 17.1 Å². The van der Waals surface area contributed by atoms with E-state index in [0.29, 0.717) is 0 Å². The Bertz CT molecular complexity index is 722. The molecule has 0 aliphatic carbocycles. The van der Waals surface area contributed by atoms with Crippen molar-refractivity contribution in [3.63, 3.8) is 0 Å². The Morgan fingerprint density at radius 1 is 1.25 bits per heavy atom. The second-order valence-corrected chi connectivity index (χ2v) is 4.50. The molecule has 0 saturated heterocycles. The predicted molar refractivity (Wildman–Crippen MR) is 79.4 cm³/mol. The Morgan fingerprint density at radius 3 is 2.75 bits per heavy atom. The number of aromatic amines is 2. The van der Waals surface area contributed by atoms with E-state index in [0.717, 1.165) is 16.6 Å². The molecule has 0 fully saturated rings. The van der Waals surface area contributed by atoms with Crippen molar-refractivity contribution < 1.29 is 4.79 Å². The standard InChI is InChI=1S/C15H17N3O2/c1-3-4-5-6-14(19)16-10(2)11-7-8-12-13(9-11)18-15(20)17-12/h3-10H,1-2H3,(H,16,19)(H2,17,18,20)/b4-3+,6-5-/t10-/m1/s1. The molecule has 0 saturated carbocycles. The number of aromatic nitrogens is 2. The predicted octanol–water partition coefficient (Wildman–Crippen LogP) is 2.17. The SMILES string of the molecule is C/C=C/C=C\C(=O)N[C@H](C)c1ccc2[nH]c(=O)[nH]c2c1. The number of rotatable bonds is 4. The zero-order valence-electron chi connectivity index (χ0n) is 11.4. The number of benzene rings is 1. The van der Waals surface area contributed by atoms with Gasteiger partial charge in [-0.3, -0.25) is 4.79 Å². The molecule has 2 rings (SSSR count). The Morgan fingerprint density at radius 2 is 2.00 bits per heavy atom. The number of carbonyl (C=O) groups is 1. The monoisotopic (exact) mass is 271 g/mol. The lowest BCUT2D eigenvalue weighted by Crippen LogP contribution is -2.24. The molecule has 0 radical (unpaired) electrons. The van der Waals surface area contributed by atoms with Gasteiger partial charge in [-0.1, -0.05) is 24.3 Å². The topological polar surface area (TPSA) is 77.8 Å². The largest absolute Gasteiger partial charge is 0.346 e. The molecule has 1 atom stereocenters. The summed E-state index contributed by atoms with van der Waals surface area (Å²) in [4.78, 5) is 28.3. The van der Waals surface area contributed by atoms with E-state index in [1.807, 2.05) is 38.1 Å². The number of amides is 1. The highest BCUT2D eigenvalue weighted by molar-refractivity contribution is 5.88. The number of hydrogen-bond acceptors (Lipinski definition) is 2. The van der Waals surface area contributed by atoms with E-state index in [-0.39, 0.29) is 17.6 Å². The summed E-state index contributed by atoms with van der Waals surface area (Å²) in [6.45, 7) is 3.78. The number of allylic oxidation sites excluding steroid dienone is 3. The molecule has 2 aromatic rings. The summed E-state index contributed by atoms with van der Waals surface area (Å²) in [5, 5.41) is 2.86. The fraction of sp³-hybridized carbons (Fsp3) is 0.200. The molecular formula is C15H17N3O2. The summed E-state index contributed by atoms with van der Waals surface area (Å²) in [6, 6.07) is 5.42. The number of nitrogens with one attached hydrogen (secondary N) is 3. The second kappa shape index (κ2) is 6.06. The van der Waals surface area contributed by atoms with Gasteiger partial charge >= 0.3 is 5.69 Å². The van der Waals surface area contributed by atoms with Gasteiger partial charge in [0.25, 0.3) is 0 Å². The molecule has 0 spiro atoms. The highest BCUT2D eigenvalue weighted by Gasteiger charge is 2.09. The first-order chi connectivity index (χ1) is 9.60. The number of hydrogen-bond donors (Lipinski definition) is 3. The average molecular weight is 271 g/mol. The van der Waals surface area contributed by atoms with Crippen molar-refractivity contribution in [3.8, 4) is 0 Å². The summed E-state index contributed by atoms with van der Waals surface area (Å²) < 4.78 is 0. The van der Waals surface area contributed by atoms with Crippen LogP contribution in [0.2, 0.25) is 0 Å². The lowest BCUT2D eigenvalue weighted by molar-refractivity contribution is -0.117. The van der Waals surface area contributed by atoms with Gasteiger partial charge in [-0.15, -0.1) is 0 Å². The molecule has 1 aromatic carbocycles. The quantitative estimate of drug-likeness (QED) is 0.588. The van der Waals surface area contributed by atoms with Gasteiger partial charge in [0.2, 0.25) is 5.91 Å². The molecular weight excluding hydrogens is 254 g/mol. The Labute approximate surface area is 116 Å². The van der Waals surface area contributed by atoms with Crippen LogP contribution in [-0.4, -0.2) is 15.9 Å². The van der Waals surface area contributed by atoms with Crippen molar-refractivity contribution in [2.75, 3.05) is 0 Å². The molecule has 5 heteroatoms. The molecule has 1 aromatic heterocycles. The van der Waals surface area contributed by atoms with Crippen molar-refractivity contribution in [1.82, 2.24) is 15.3 Å². The van der Waals surface area contributed by atoms with Crippen molar-refractivity contribution in [2.24, 2.45) is 0 Å². The molecule has 1 heterocycles. The Balaban J connectivity index is 2.12. The fourth-order valence-electron chi connectivity index (χ4n) is 1.92. The molecule has 0 aliphatic heterocycles. The normalized spacial score (nSPS) is 13.3. The van der Waals surface area contributed by atoms with Gasteiger partial charge in [0.15, 0.2) is 0 Å². The maximum absolute atomic E-state index is 11.7. The lowest BCUT2D eigenvalue weighted by atomic mass is 10.1. The van der Waals surface area contributed by atoms with E-state index in [1.54, 1.807) is 12.2 Å². The maximum Gasteiger partial charge on any atom is 0.323 e. The van der Waals surface area contributed by atoms with E-state index >= 15 is 0 Å². The van der Waals surface area contributed by atoms with Crippen molar-refractivity contribution in [2.45, 2.75) is 19.9 Å². The van der Waals surface area contributed by atoms with E-state index < -0.39 is 0 Å². The third kappa shape index (κ3) is 3.26. The van der Waals surface area contributed by atoms with Crippen LogP contribution >= 0.6 is 0 Å². The van der Waals surface area contributed by atoms with Crippen LogP contribution in [-0.2, 0) is 4.79 Å². The molecule has 0 bridgehead atoms. The number of H-pyrrole nitrogens is 2. The highest BCUT2D eigenvalue weighted by atomic mass is 16.1. The summed E-state index contributed by atoms with van der Waals surface area (Å²) in [6.07, 6.45) is 6.81. The molecule has 0 unspecified atom stereocenters. The molecule has 1 amide bonds. The van der Waals surface area contributed by atoms with Crippen molar-refractivity contribution >= 4 is 16.9 Å². The van der Waals surface area contributed by atoms with Crippen LogP contribution < -0.4 is 11.0 Å². The number of imidazole rings is 1. The smallest absolute Gasteiger partial charge is 0.323 e. The van der Waals surface area contributed by atoms with Crippen molar-refractivity contribution in [1.29, 1.82) is 0 Å². The molecule has 5 nitrogen and oxygen atoms in total. The minimum Gasteiger partial charge on any atom is -0.346 e. The van der Waals surface area contributed by atoms with Gasteiger partial charge in [-0.25, -0.2) is 4.79 Å². The van der Waals surface area contributed by atoms with E-state index in [2.05, 4.69) is 15.3 Å². The fourth-order valence-corrected chi connectivity index (χ4v) is 1.92. The highest BCUT2D eigenvalue weighted by Crippen LogP contribution is 2.16. The summed E-state index contributed by atoms with van der Waals surface area (Å²) in [7, 11) is 0. The minimum atomic E-state index is -0.233. The molecule has 3 N–H and O–H groups in total. The van der Waals surface area contributed by atoms with E-state index in [1.165, 1.54) is 6.08 Å². The van der Waals surface area contributed by atoms with Gasteiger partial charge in [0, 0.05) is 6.08 Å². The third-order valence-corrected chi connectivity index (χ3v) is 2.95. The first-order valence-corrected chi connectivity index (χ1v) is 6.42. The summed E-state index contributed by atoms with van der Waals surface area (Å²) >= 11 is 0. The van der Waals surface area contributed by atoms with Gasteiger partial charge in [-0.05, 0) is 31.5 Å². The Hall–Kier alpha value is -2.56. The van der Waals surface area contributed by atoms with Gasteiger partial charge in [0.1, 0.15) is 0 Å². The molecule has 0 aliphatic rings. The van der Waals surface area contributed by atoms with Crippen LogP contribution in [0.4, 0.5) is 0 Å². The van der Waals surface area contributed by atoms with Crippen LogP contribution in [0.1, 0.15) is 25.5 Å². The van der Waals surface area contributed by atoms with Crippen LogP contribution in [0.5, 0.6) is 0 Å². The number of fused-ring (bicyclic) bond motifs is 1. The van der Waals surface area contributed by atoms with Gasteiger partial charge < -0.3 is 15.3 Å². The second-order valence-electron chi connectivity index (χ2n) is 4.50. The first-order valence-electron chi connectivity index (χ1n) is 6.42. The summed E-state index contributed by atoms with van der Waals surface area (Å²) in [5.41, 5.74) is 2.19. The first kappa shape index (κ1) is 13.9. The lowest BCUT2D eigenvalue weighted by Gasteiger charge is -2.12. The van der Waals surface area contributed by atoms with E-state index in [9.17, 15) is 9.59 Å². The van der Waals surface area contributed by atoms with E-state index in [4.69, 9.17) is 0 Å². The zero-order valence-corrected chi connectivity index (χ0v) is 11.4. The van der Waals surface area contributed by atoms with Crippen LogP contribution in [0.3, 0.4) is 0 Å². The van der Waals surface area contributed by atoms with Crippen LogP contribution in [0.15, 0.2) is 47.3 Å². The van der Waals surface area contributed by atoms with Crippen LogP contribution in [0.25, 0.3) is 11.0 Å². The maximum atomic E-state index is 11.7. The minimum absolute atomic E-state index is 0.138. The number of carbonyl (C=O) groups excluding carboxylic acids is 1. The molecule has 104 valence electrons. The average Bonchev–Trinajstić information content (AvgIpc) is 2.77. The molecule has 20 heavy (non-hydrogen) atoms. The zero-order chi connectivity index (χ0) is 14.5. The summed E-state index contributed by atoms with van der Waals surface area (Å²) in [5.74, 6) is -0.154. The Kier molecular flexibility index (Phi) is 4.20. The third-order valence-electron chi connectivity index (χ3n) is 2.95.